The maximum absolute atomic E-state index is 14.6. The summed E-state index contributed by atoms with van der Waals surface area (Å²) in [4.78, 5) is 59.3. The summed E-state index contributed by atoms with van der Waals surface area (Å²) >= 11 is 0. The van der Waals surface area contributed by atoms with Crippen molar-refractivity contribution in [2.45, 2.75) is 82.6 Å². The van der Waals surface area contributed by atoms with Gasteiger partial charge in [-0.25, -0.2) is 13.6 Å². The summed E-state index contributed by atoms with van der Waals surface area (Å²) in [6.07, 6.45) is 3.70. The third-order valence-electron chi connectivity index (χ3n) is 14.0. The fourth-order valence-electron chi connectivity index (χ4n) is 10.4. The molecule has 3 amide bonds. The van der Waals surface area contributed by atoms with Gasteiger partial charge in [0.25, 0.3) is 6.43 Å². The number of halogens is 2. The zero-order chi connectivity index (χ0) is 46.6. The molecule has 6 heterocycles. The summed E-state index contributed by atoms with van der Waals surface area (Å²) in [5, 5.41) is 20.5. The second-order valence-electron chi connectivity index (χ2n) is 18.1. The fourth-order valence-corrected chi connectivity index (χ4v) is 10.4. The van der Waals surface area contributed by atoms with E-state index in [2.05, 4.69) is 31.1 Å². The van der Waals surface area contributed by atoms with Crippen molar-refractivity contribution in [1.82, 2.24) is 39.8 Å². The zero-order valence-electron chi connectivity index (χ0n) is 38.2. The monoisotopic (exact) mass is 915 g/mol. The van der Waals surface area contributed by atoms with Crippen LogP contribution in [-0.2, 0) is 32.6 Å². The molecule has 7 N–H and O–H groups in total. The van der Waals surface area contributed by atoms with Crippen LogP contribution < -0.4 is 37.6 Å². The minimum atomic E-state index is -2.74. The number of rotatable bonds is 15. The quantitative estimate of drug-likeness (QED) is 0.0966. The molecule has 1 aromatic heterocycles. The molecule has 356 valence electrons. The van der Waals surface area contributed by atoms with E-state index in [0.29, 0.717) is 73.5 Å². The van der Waals surface area contributed by atoms with Crippen LogP contribution in [0, 0.1) is 5.41 Å². The van der Waals surface area contributed by atoms with E-state index in [0.717, 1.165) is 87.3 Å². The van der Waals surface area contributed by atoms with Gasteiger partial charge in [0.05, 0.1) is 29.4 Å². The van der Waals surface area contributed by atoms with Gasteiger partial charge in [-0.1, -0.05) is 6.07 Å². The van der Waals surface area contributed by atoms with E-state index in [1.165, 1.54) is 4.57 Å². The molecule has 17 nitrogen and oxygen atoms in total. The predicted octanol–water partition coefficient (Wildman–Crippen LogP) is 2.88. The van der Waals surface area contributed by atoms with Crippen LogP contribution in [0.2, 0.25) is 0 Å². The molecular weight excluding hydrogens is 851 g/mol. The van der Waals surface area contributed by atoms with Crippen LogP contribution in [0.4, 0.5) is 20.2 Å². The Labute approximate surface area is 383 Å². The molecule has 3 unspecified atom stereocenters. The second-order valence-corrected chi connectivity index (χ2v) is 18.1. The van der Waals surface area contributed by atoms with E-state index >= 15 is 0 Å². The summed E-state index contributed by atoms with van der Waals surface area (Å²) in [6.45, 7) is 9.56. The number of nitrogens with one attached hydrogen (secondary N) is 5. The number of hydrogen-bond acceptors (Lipinski definition) is 13. The molecule has 0 saturated carbocycles. The molecule has 5 aliphatic rings. The van der Waals surface area contributed by atoms with E-state index in [1.54, 1.807) is 48.8 Å². The number of aryl methyl sites for hydroxylation is 2. The molecule has 5 aliphatic heterocycles. The Kier molecular flexibility index (Phi) is 14.6. The number of hydrogen-bond donors (Lipinski definition) is 6. The molecule has 19 heteroatoms. The Balaban J connectivity index is 0.870. The van der Waals surface area contributed by atoms with Gasteiger partial charge in [-0.05, 0) is 67.5 Å². The highest BCUT2D eigenvalue weighted by atomic mass is 19.3. The summed E-state index contributed by atoms with van der Waals surface area (Å²) < 4.78 is 38.4. The number of piperidine rings is 2. The first-order chi connectivity index (χ1) is 31.8. The van der Waals surface area contributed by atoms with E-state index < -0.39 is 24.5 Å². The number of likely N-dealkylation sites (tertiary alicyclic amines) is 1. The first-order valence-corrected chi connectivity index (χ1v) is 23.3. The van der Waals surface area contributed by atoms with Crippen molar-refractivity contribution < 1.29 is 27.9 Å². The molecule has 3 aromatic rings. The largest absolute Gasteiger partial charge is 0.393 e. The lowest BCUT2D eigenvalue weighted by Gasteiger charge is -2.42. The number of para-hydroxylation sites is 1. The molecule has 3 fully saturated rings. The van der Waals surface area contributed by atoms with E-state index in [-0.39, 0.29) is 48.1 Å². The number of nitrogens with zero attached hydrogens (tertiary/aromatic N) is 6. The lowest BCUT2D eigenvalue weighted by molar-refractivity contribution is -0.135. The minimum absolute atomic E-state index is 0.0287. The topological polar surface area (TPSA) is 198 Å². The van der Waals surface area contributed by atoms with Crippen molar-refractivity contribution in [1.29, 1.82) is 5.41 Å². The molecule has 2 aromatic carbocycles. The number of imidazole rings is 1. The normalized spacial score (nSPS) is 22.1. The maximum Gasteiger partial charge on any atom is 0.329 e. The summed E-state index contributed by atoms with van der Waals surface area (Å²) in [6, 6.07) is 8.42. The molecular formula is C47H64F2N12O5. The highest BCUT2D eigenvalue weighted by Crippen LogP contribution is 2.38. The van der Waals surface area contributed by atoms with E-state index in [9.17, 15) is 28.0 Å². The number of fused-ring (bicyclic) bond motifs is 2. The van der Waals surface area contributed by atoms with Gasteiger partial charge < -0.3 is 46.5 Å². The van der Waals surface area contributed by atoms with Crippen molar-refractivity contribution >= 4 is 51.9 Å². The van der Waals surface area contributed by atoms with Crippen molar-refractivity contribution in [2.75, 3.05) is 89.3 Å². The molecule has 0 bridgehead atoms. The van der Waals surface area contributed by atoms with Crippen LogP contribution in [-0.4, -0.2) is 145 Å². The first-order valence-electron chi connectivity index (χ1n) is 23.3. The highest BCUT2D eigenvalue weighted by Gasteiger charge is 2.35. The average Bonchev–Trinajstić information content (AvgIpc) is 3.57. The number of ether oxygens (including phenoxy) is 1. The van der Waals surface area contributed by atoms with E-state index in [4.69, 9.17) is 15.9 Å². The van der Waals surface area contributed by atoms with E-state index in [1.807, 2.05) is 23.1 Å². The average molecular weight is 915 g/mol. The van der Waals surface area contributed by atoms with Crippen molar-refractivity contribution in [2.24, 2.45) is 12.8 Å². The number of benzene rings is 2. The maximum atomic E-state index is 14.6. The third kappa shape index (κ3) is 9.89. The number of amides is 3. The highest BCUT2D eigenvalue weighted by molar-refractivity contribution is 6.09. The van der Waals surface area contributed by atoms with Crippen molar-refractivity contribution in [3.05, 3.63) is 75.0 Å². The Morgan fingerprint density at radius 3 is 2.55 bits per heavy atom. The molecule has 3 saturated heterocycles. The molecule has 0 aliphatic carbocycles. The lowest BCUT2D eigenvalue weighted by atomic mass is 9.91. The minimum Gasteiger partial charge on any atom is -0.393 e. The number of aromatic nitrogens is 2. The predicted molar refractivity (Wildman–Crippen MR) is 251 cm³/mol. The van der Waals surface area contributed by atoms with Gasteiger partial charge in [0.1, 0.15) is 12.2 Å². The van der Waals surface area contributed by atoms with Gasteiger partial charge in [0.2, 0.25) is 17.7 Å². The smallest absolute Gasteiger partial charge is 0.329 e. The van der Waals surface area contributed by atoms with Gasteiger partial charge in [-0.2, -0.15) is 0 Å². The van der Waals surface area contributed by atoms with Crippen LogP contribution in [0.25, 0.3) is 16.6 Å². The number of anilines is 2. The van der Waals surface area contributed by atoms with Gasteiger partial charge in [-0.15, -0.1) is 0 Å². The standard InChI is InChI=1S/C47H64F2N12O5/c1-29(62)59-17-13-37(36(28-59)45(51)60-14-5-6-30-22-34(31(24-50)25-52-2)35(44(48)49)23-41(30)60)54-32-11-15-57(16-12-32)18-19-58-20-21-66-33(27-58)26-53-38-7-4-8-39-43(38)56(3)47(65)61(39)40-9-10-42(63)55-46(40)64/h4,7-8,22-25,32-33,40,44-45,50,52-54H,5-6,9-21,26-28,51H2,1-3H3,(H,55,63,64)/b31-25+,50-24?. The van der Waals surface area contributed by atoms with Crippen molar-refractivity contribution in [3.63, 3.8) is 0 Å². The second kappa shape index (κ2) is 20.5. The Morgan fingerprint density at radius 2 is 1.82 bits per heavy atom. The molecule has 0 spiro atoms. The number of morpholine rings is 1. The molecule has 0 radical (unpaired) electrons. The molecule has 8 rings (SSSR count). The summed E-state index contributed by atoms with van der Waals surface area (Å²) in [7, 11) is 3.37. The number of carbonyl (C=O) groups is 3. The van der Waals surface area contributed by atoms with Crippen LogP contribution in [0.5, 0.6) is 0 Å². The van der Waals surface area contributed by atoms with Gasteiger partial charge in [-0.3, -0.25) is 33.7 Å². The Bertz CT molecular complexity index is 2440. The molecule has 66 heavy (non-hydrogen) atoms. The summed E-state index contributed by atoms with van der Waals surface area (Å²) in [5.41, 5.74) is 13.0. The number of carbonyl (C=O) groups excluding carboxylic acids is 3. The van der Waals surface area contributed by atoms with Gasteiger partial charge in [0.15, 0.2) is 0 Å². The Hall–Kier alpha value is -5.63. The van der Waals surface area contributed by atoms with Crippen LogP contribution in [0.15, 0.2) is 52.6 Å². The number of nitrogens with two attached hydrogens (primary N) is 1. The van der Waals surface area contributed by atoms with Crippen molar-refractivity contribution in [3.8, 4) is 0 Å². The Morgan fingerprint density at radius 1 is 1.03 bits per heavy atom. The number of allylic oxidation sites excluding steroid dienone is 1. The number of alkyl halides is 2. The third-order valence-corrected chi connectivity index (χ3v) is 14.0. The van der Waals surface area contributed by atoms with Crippen LogP contribution >= 0.6 is 0 Å². The lowest BCUT2D eigenvalue weighted by Crippen LogP contribution is -2.53. The van der Waals surface area contributed by atoms with Crippen LogP contribution in [0.1, 0.15) is 74.6 Å². The number of imide groups is 1. The SMILES string of the molecule is CN/C=C(\C=N)c1cc2c(cc1C(F)F)N(C(N)C1=C(NC3CCN(CCN4CCOC(CNc5cccc6c5n(C)c(=O)n6C5CCC(=O)NC5=O)C4)CC3)CCN(C(C)=O)C1)CCC2. The van der Waals surface area contributed by atoms with Gasteiger partial charge in [0, 0.05) is 146 Å². The first kappa shape index (κ1) is 46.9. The van der Waals surface area contributed by atoms with Crippen LogP contribution in [0.3, 0.4) is 0 Å². The summed E-state index contributed by atoms with van der Waals surface area (Å²) in [5.74, 6) is -0.816. The zero-order valence-corrected chi connectivity index (χ0v) is 38.2. The fraction of sp³-hybridized carbons (Fsp3) is 0.553. The molecule has 3 atom stereocenters. The van der Waals surface area contributed by atoms with Gasteiger partial charge >= 0.3 is 5.69 Å².